The summed E-state index contributed by atoms with van der Waals surface area (Å²) in [6.45, 7) is 3.11. The van der Waals surface area contributed by atoms with Crippen LogP contribution in [0.4, 0.5) is 10.1 Å². The largest absolute Gasteiger partial charge is 0.374 e. The predicted molar refractivity (Wildman–Crippen MR) is 162 cm³/mol. The van der Waals surface area contributed by atoms with Gasteiger partial charge in [0.15, 0.2) is 5.65 Å². The highest BCUT2D eigenvalue weighted by Gasteiger charge is 2.22. The van der Waals surface area contributed by atoms with Gasteiger partial charge in [-0.3, -0.25) is 8.77 Å². The van der Waals surface area contributed by atoms with E-state index in [-0.39, 0.29) is 23.2 Å². The van der Waals surface area contributed by atoms with Gasteiger partial charge >= 0.3 is 0 Å². The van der Waals surface area contributed by atoms with Crippen molar-refractivity contribution >= 4 is 41.1 Å². The van der Waals surface area contributed by atoms with E-state index in [1.54, 1.807) is 28.4 Å². The van der Waals surface area contributed by atoms with Crippen molar-refractivity contribution in [3.63, 3.8) is 0 Å². The van der Waals surface area contributed by atoms with Gasteiger partial charge in [0, 0.05) is 48.1 Å². The molecule has 1 atom stereocenters. The Morgan fingerprint density at radius 2 is 1.98 bits per heavy atom. The number of nitrogens with zero attached hydrogens (tertiary/aromatic N) is 4. The summed E-state index contributed by atoms with van der Waals surface area (Å²) >= 11 is 10.5. The fourth-order valence-corrected chi connectivity index (χ4v) is 5.55. The number of halogens is 2. The number of hydrogen-bond acceptors (Lipinski definition) is 6. The van der Waals surface area contributed by atoms with Gasteiger partial charge in [-0.2, -0.15) is 0 Å². The number of aromatic nitrogens is 3. The lowest BCUT2D eigenvalue weighted by atomic mass is 10.1. The average molecular weight is 591 g/mol. The van der Waals surface area contributed by atoms with Crippen molar-refractivity contribution in [2.75, 3.05) is 31.2 Å². The first kappa shape index (κ1) is 27.5. The first-order valence-electron chi connectivity index (χ1n) is 13.3. The Kier molecular flexibility index (Phi) is 8.11. The van der Waals surface area contributed by atoms with Crippen molar-refractivity contribution in [3.05, 3.63) is 118 Å². The van der Waals surface area contributed by atoms with E-state index < -0.39 is 5.82 Å². The molecule has 41 heavy (non-hydrogen) atoms. The Hall–Kier alpha value is -3.63. The van der Waals surface area contributed by atoms with Gasteiger partial charge in [-0.05, 0) is 29.3 Å². The Morgan fingerprint density at radius 1 is 1.12 bits per heavy atom. The molecule has 3 aromatic heterocycles. The van der Waals surface area contributed by atoms with E-state index in [0.29, 0.717) is 37.6 Å². The van der Waals surface area contributed by atoms with Crippen LogP contribution in [0.25, 0.3) is 22.2 Å². The van der Waals surface area contributed by atoms with E-state index in [9.17, 15) is 9.18 Å². The molecule has 1 aliphatic rings. The molecule has 0 amide bonds. The van der Waals surface area contributed by atoms with Crippen LogP contribution in [0.5, 0.6) is 0 Å². The van der Waals surface area contributed by atoms with Crippen LogP contribution in [0.1, 0.15) is 11.1 Å². The van der Waals surface area contributed by atoms with Gasteiger partial charge in [0.25, 0.3) is 5.56 Å². The Morgan fingerprint density at radius 3 is 2.80 bits per heavy atom. The molecule has 10 heteroatoms. The number of pyridine rings is 2. The molecule has 1 saturated heterocycles. The molecule has 0 saturated carbocycles. The first-order chi connectivity index (χ1) is 20.0. The van der Waals surface area contributed by atoms with E-state index in [1.165, 1.54) is 10.6 Å². The minimum Gasteiger partial charge on any atom is -0.374 e. The summed E-state index contributed by atoms with van der Waals surface area (Å²) in [7, 11) is 0. The van der Waals surface area contributed by atoms with Crippen LogP contribution in [0.2, 0.25) is 5.02 Å². The monoisotopic (exact) mass is 590 g/mol. The molecule has 6 rings (SSSR count). The number of benzene rings is 2. The van der Waals surface area contributed by atoms with Crippen molar-refractivity contribution in [1.82, 2.24) is 13.5 Å². The highest BCUT2D eigenvalue weighted by Crippen LogP contribution is 2.33. The summed E-state index contributed by atoms with van der Waals surface area (Å²) in [5, 5.41) is 0.905. The summed E-state index contributed by atoms with van der Waals surface area (Å²) in [5.41, 5.74) is 4.43. The third-order valence-electron chi connectivity index (χ3n) is 7.21. The minimum absolute atomic E-state index is 0.0309. The van der Waals surface area contributed by atoms with Crippen molar-refractivity contribution in [2.45, 2.75) is 19.3 Å². The van der Waals surface area contributed by atoms with Crippen LogP contribution in [-0.4, -0.2) is 45.9 Å². The SMILES string of the molecule is O=c1cc(-c2cn(S)c3ncc(N4CCOC(COCc5ccccc5)C4)cc23)ccn1Cc1cccc(Cl)c1F. The van der Waals surface area contributed by atoms with E-state index in [0.717, 1.165) is 34.3 Å². The lowest BCUT2D eigenvalue weighted by molar-refractivity contribution is -0.0283. The van der Waals surface area contributed by atoms with Crippen molar-refractivity contribution < 1.29 is 13.9 Å². The summed E-state index contributed by atoms with van der Waals surface area (Å²) in [6, 6.07) is 20.3. The Balaban J connectivity index is 1.21. The number of ether oxygens (including phenoxy) is 2. The zero-order chi connectivity index (χ0) is 28.3. The molecular weight excluding hydrogens is 563 g/mol. The molecule has 0 N–H and O–H groups in total. The quantitative estimate of drug-likeness (QED) is 0.231. The molecule has 0 bridgehead atoms. The average Bonchev–Trinajstić information content (AvgIpc) is 3.32. The van der Waals surface area contributed by atoms with Crippen molar-refractivity contribution in [1.29, 1.82) is 0 Å². The fourth-order valence-electron chi connectivity index (χ4n) is 5.08. The Labute approximate surface area is 247 Å². The van der Waals surface area contributed by atoms with Crippen LogP contribution < -0.4 is 10.5 Å². The fraction of sp³-hybridized carbons (Fsp3) is 0.226. The maximum atomic E-state index is 14.4. The van der Waals surface area contributed by atoms with E-state index in [2.05, 4.69) is 28.8 Å². The van der Waals surface area contributed by atoms with E-state index in [4.69, 9.17) is 21.1 Å². The van der Waals surface area contributed by atoms with Gasteiger partial charge in [0.1, 0.15) is 5.82 Å². The van der Waals surface area contributed by atoms with E-state index in [1.807, 2.05) is 48.8 Å². The summed E-state index contributed by atoms with van der Waals surface area (Å²) < 4.78 is 29.4. The number of rotatable bonds is 8. The van der Waals surface area contributed by atoms with Crippen LogP contribution in [-0.2, 0) is 22.6 Å². The first-order valence-corrected chi connectivity index (χ1v) is 14.1. The summed E-state index contributed by atoms with van der Waals surface area (Å²) in [4.78, 5) is 19.9. The van der Waals surface area contributed by atoms with Gasteiger partial charge in [-0.25, -0.2) is 9.37 Å². The summed E-state index contributed by atoms with van der Waals surface area (Å²) in [6.07, 6.45) is 5.29. The van der Waals surface area contributed by atoms with Gasteiger partial charge in [0.2, 0.25) is 0 Å². The Bertz CT molecular complexity index is 1740. The van der Waals surface area contributed by atoms with Gasteiger partial charge in [-0.15, -0.1) is 0 Å². The normalized spacial score (nSPS) is 15.5. The molecule has 210 valence electrons. The molecule has 0 aliphatic carbocycles. The van der Waals surface area contributed by atoms with Crippen LogP contribution in [0, 0.1) is 5.82 Å². The zero-order valence-electron chi connectivity index (χ0n) is 22.1. The zero-order valence-corrected chi connectivity index (χ0v) is 23.8. The second-order valence-electron chi connectivity index (χ2n) is 9.99. The highest BCUT2D eigenvalue weighted by molar-refractivity contribution is 7.78. The predicted octanol–water partition coefficient (Wildman–Crippen LogP) is 5.82. The van der Waals surface area contributed by atoms with Gasteiger partial charge in [0.05, 0.1) is 49.4 Å². The van der Waals surface area contributed by atoms with Crippen molar-refractivity contribution in [2.24, 2.45) is 0 Å². The number of morpholine rings is 1. The maximum absolute atomic E-state index is 14.4. The molecule has 2 aromatic carbocycles. The minimum atomic E-state index is -0.519. The lowest BCUT2D eigenvalue weighted by Gasteiger charge is -2.34. The van der Waals surface area contributed by atoms with Gasteiger partial charge in [-0.1, -0.05) is 66.9 Å². The van der Waals surface area contributed by atoms with Crippen molar-refractivity contribution in [3.8, 4) is 11.1 Å². The second kappa shape index (κ2) is 12.1. The lowest BCUT2D eigenvalue weighted by Crippen LogP contribution is -2.44. The smallest absolute Gasteiger partial charge is 0.251 e. The third-order valence-corrected chi connectivity index (χ3v) is 7.81. The van der Waals surface area contributed by atoms with Crippen LogP contribution in [0.3, 0.4) is 0 Å². The molecule has 7 nitrogen and oxygen atoms in total. The molecule has 0 spiro atoms. The van der Waals surface area contributed by atoms with Gasteiger partial charge < -0.3 is 18.9 Å². The molecule has 5 aromatic rings. The summed E-state index contributed by atoms with van der Waals surface area (Å²) in [5.74, 6) is -0.519. The highest BCUT2D eigenvalue weighted by atomic mass is 35.5. The maximum Gasteiger partial charge on any atom is 0.251 e. The number of hydrogen-bond donors (Lipinski definition) is 1. The molecule has 4 heterocycles. The molecule has 1 fully saturated rings. The van der Waals surface area contributed by atoms with Crippen LogP contribution in [0.15, 0.2) is 90.1 Å². The third kappa shape index (κ3) is 6.04. The topological polar surface area (TPSA) is 61.5 Å². The molecule has 0 radical (unpaired) electrons. The molecular formula is C31H28ClFN4O3S. The number of thiol groups is 1. The standard InChI is InChI=1S/C31H28ClFN4O3S/c32-28-8-4-7-23(30(28)33)16-36-10-9-22(13-29(36)38)27-18-37(41)31-26(27)14-24(15-34-31)35-11-12-40-25(17-35)20-39-19-21-5-2-1-3-6-21/h1-10,13-15,18,25,41H,11-12,16-17,19-20H2. The number of anilines is 1. The second-order valence-corrected chi connectivity index (χ2v) is 10.8. The van der Waals surface area contributed by atoms with Crippen LogP contribution >= 0.6 is 24.4 Å². The number of fused-ring (bicyclic) bond motifs is 1. The molecule has 1 aliphatic heterocycles. The molecule has 1 unspecified atom stereocenters. The van der Waals surface area contributed by atoms with E-state index >= 15 is 0 Å².